The Morgan fingerprint density at radius 1 is 1.16 bits per heavy atom. The first-order valence-corrected chi connectivity index (χ1v) is 6.71. The molecule has 0 saturated carbocycles. The van der Waals surface area contributed by atoms with Crippen LogP contribution in [0.5, 0.6) is 0 Å². The molecule has 0 heterocycles. The van der Waals surface area contributed by atoms with Crippen molar-refractivity contribution in [3.8, 4) is 0 Å². The molecule has 98 valence electrons. The van der Waals surface area contributed by atoms with Gasteiger partial charge in [-0.15, -0.1) is 0 Å². The molecule has 0 amide bonds. The zero-order valence-electron chi connectivity index (χ0n) is 11.3. The van der Waals surface area contributed by atoms with Gasteiger partial charge in [-0.2, -0.15) is 0 Å². The molecule has 0 aliphatic heterocycles. The Morgan fingerprint density at radius 3 is 2.58 bits per heavy atom. The van der Waals surface area contributed by atoms with Crippen LogP contribution in [0.25, 0.3) is 10.8 Å². The predicted octanol–water partition coefficient (Wildman–Crippen LogP) is 4.52. The van der Waals surface area contributed by atoms with Gasteiger partial charge in [0.05, 0.1) is 0 Å². The summed E-state index contributed by atoms with van der Waals surface area (Å²) >= 11 is 0. The van der Waals surface area contributed by atoms with Gasteiger partial charge < -0.3 is 0 Å². The molecule has 0 aromatic heterocycles. The number of carbonyl (C=O) groups is 1. The zero-order chi connectivity index (χ0) is 13.6. The number of benzene rings is 2. The van der Waals surface area contributed by atoms with E-state index in [1.165, 1.54) is 6.07 Å². The summed E-state index contributed by atoms with van der Waals surface area (Å²) in [5, 5.41) is 1.51. The van der Waals surface area contributed by atoms with Gasteiger partial charge in [-0.1, -0.05) is 38.1 Å². The third-order valence-corrected chi connectivity index (χ3v) is 4.10. The predicted molar refractivity (Wildman–Crippen MR) is 75.0 cm³/mol. The fourth-order valence-corrected chi connectivity index (χ4v) is 2.99. The molecule has 0 bridgehead atoms. The molecule has 1 aliphatic carbocycles. The summed E-state index contributed by atoms with van der Waals surface area (Å²) in [5.41, 5.74) is 1.60. The van der Waals surface area contributed by atoms with Gasteiger partial charge in [0, 0.05) is 17.4 Å². The first-order chi connectivity index (χ1) is 8.98. The Hall–Kier alpha value is -1.70. The van der Waals surface area contributed by atoms with Crippen LogP contribution in [0.15, 0.2) is 30.3 Å². The third-order valence-electron chi connectivity index (χ3n) is 4.10. The minimum absolute atomic E-state index is 0.00627. The SMILES string of the molecule is CC1(C)CCc2c(cc(F)c3ccccc23)C(=O)C1. The minimum atomic E-state index is -0.289. The summed E-state index contributed by atoms with van der Waals surface area (Å²) in [6.07, 6.45) is 2.30. The van der Waals surface area contributed by atoms with Gasteiger partial charge in [0.25, 0.3) is 0 Å². The van der Waals surface area contributed by atoms with Crippen molar-refractivity contribution in [2.45, 2.75) is 33.1 Å². The second-order valence-electron chi connectivity index (χ2n) is 6.19. The summed E-state index contributed by atoms with van der Waals surface area (Å²) in [5.74, 6) is -0.218. The second-order valence-corrected chi connectivity index (χ2v) is 6.19. The van der Waals surface area contributed by atoms with E-state index in [2.05, 4.69) is 13.8 Å². The summed E-state index contributed by atoms with van der Waals surface area (Å²) < 4.78 is 14.1. The Morgan fingerprint density at radius 2 is 1.84 bits per heavy atom. The molecule has 0 spiro atoms. The highest BCUT2D eigenvalue weighted by atomic mass is 19.1. The molecule has 2 aromatic carbocycles. The molecule has 0 atom stereocenters. The van der Waals surface area contributed by atoms with Gasteiger partial charge in [0.15, 0.2) is 5.78 Å². The van der Waals surface area contributed by atoms with Gasteiger partial charge in [-0.25, -0.2) is 4.39 Å². The van der Waals surface area contributed by atoms with Crippen LogP contribution in [0.2, 0.25) is 0 Å². The molecule has 0 saturated heterocycles. The average molecular weight is 256 g/mol. The lowest BCUT2D eigenvalue weighted by Crippen LogP contribution is -2.14. The highest BCUT2D eigenvalue weighted by Gasteiger charge is 2.29. The van der Waals surface area contributed by atoms with Crippen molar-refractivity contribution in [1.29, 1.82) is 0 Å². The number of Topliss-reactive ketones (excluding diaryl/α,β-unsaturated/α-hetero) is 1. The number of hydrogen-bond acceptors (Lipinski definition) is 1. The molecular formula is C17H17FO. The van der Waals surface area contributed by atoms with Crippen LogP contribution < -0.4 is 0 Å². The maximum atomic E-state index is 14.1. The van der Waals surface area contributed by atoms with Gasteiger partial charge >= 0.3 is 0 Å². The number of fused-ring (bicyclic) bond motifs is 3. The van der Waals surface area contributed by atoms with Gasteiger partial charge in [0.2, 0.25) is 0 Å². The number of aryl methyl sites for hydroxylation is 1. The monoisotopic (exact) mass is 256 g/mol. The van der Waals surface area contributed by atoms with E-state index in [1.807, 2.05) is 18.2 Å². The Labute approximate surface area is 112 Å². The summed E-state index contributed by atoms with van der Waals surface area (Å²) in [6.45, 7) is 4.21. The summed E-state index contributed by atoms with van der Waals surface area (Å²) in [4.78, 5) is 12.4. The van der Waals surface area contributed by atoms with E-state index >= 15 is 0 Å². The second kappa shape index (κ2) is 4.16. The smallest absolute Gasteiger partial charge is 0.163 e. The third kappa shape index (κ3) is 2.05. The topological polar surface area (TPSA) is 17.1 Å². The molecule has 3 rings (SSSR count). The lowest BCUT2D eigenvalue weighted by Gasteiger charge is -2.20. The molecule has 0 N–H and O–H groups in total. The maximum Gasteiger partial charge on any atom is 0.163 e. The maximum absolute atomic E-state index is 14.1. The van der Waals surface area contributed by atoms with Crippen molar-refractivity contribution in [1.82, 2.24) is 0 Å². The molecule has 0 fully saturated rings. The van der Waals surface area contributed by atoms with Crippen LogP contribution in [0, 0.1) is 11.2 Å². The molecular weight excluding hydrogens is 239 g/mol. The fourth-order valence-electron chi connectivity index (χ4n) is 2.99. The van der Waals surface area contributed by atoms with Gasteiger partial charge in [-0.05, 0) is 35.3 Å². The number of halogens is 1. The van der Waals surface area contributed by atoms with Crippen molar-refractivity contribution in [2.75, 3.05) is 0 Å². The summed E-state index contributed by atoms with van der Waals surface area (Å²) in [6, 6.07) is 8.87. The molecule has 2 aromatic rings. The van der Waals surface area contributed by atoms with E-state index in [9.17, 15) is 9.18 Å². The lowest BCUT2D eigenvalue weighted by atomic mass is 9.84. The normalized spacial score (nSPS) is 18.2. The number of rotatable bonds is 0. The Balaban J connectivity index is 2.29. The van der Waals surface area contributed by atoms with Crippen LogP contribution >= 0.6 is 0 Å². The van der Waals surface area contributed by atoms with E-state index in [4.69, 9.17) is 0 Å². The first kappa shape index (κ1) is 12.3. The average Bonchev–Trinajstić information content (AvgIpc) is 2.47. The molecule has 2 heteroatoms. The Kier molecular flexibility index (Phi) is 2.70. The van der Waals surface area contributed by atoms with E-state index in [0.717, 1.165) is 23.8 Å². The fraction of sp³-hybridized carbons (Fsp3) is 0.353. The molecule has 19 heavy (non-hydrogen) atoms. The molecule has 1 aliphatic rings. The van der Waals surface area contributed by atoms with Crippen LogP contribution in [0.1, 0.15) is 42.6 Å². The minimum Gasteiger partial charge on any atom is -0.294 e. The number of carbonyl (C=O) groups excluding carboxylic acids is 1. The van der Waals surface area contributed by atoms with Crippen molar-refractivity contribution < 1.29 is 9.18 Å². The molecule has 0 radical (unpaired) electrons. The molecule has 0 unspecified atom stereocenters. The van der Waals surface area contributed by atoms with Crippen molar-refractivity contribution >= 4 is 16.6 Å². The van der Waals surface area contributed by atoms with Crippen molar-refractivity contribution in [3.05, 3.63) is 47.3 Å². The van der Waals surface area contributed by atoms with Gasteiger partial charge in [0.1, 0.15) is 5.82 Å². The van der Waals surface area contributed by atoms with Crippen LogP contribution in [-0.2, 0) is 6.42 Å². The zero-order valence-corrected chi connectivity index (χ0v) is 11.3. The van der Waals surface area contributed by atoms with Crippen molar-refractivity contribution in [2.24, 2.45) is 5.41 Å². The first-order valence-electron chi connectivity index (χ1n) is 6.71. The van der Waals surface area contributed by atoms with Gasteiger partial charge in [-0.3, -0.25) is 4.79 Å². The lowest BCUT2D eigenvalue weighted by molar-refractivity contribution is 0.0934. The van der Waals surface area contributed by atoms with E-state index in [0.29, 0.717) is 17.4 Å². The van der Waals surface area contributed by atoms with Crippen LogP contribution in [-0.4, -0.2) is 5.78 Å². The van der Waals surface area contributed by atoms with E-state index < -0.39 is 0 Å². The standard InChI is InChI=1S/C17H17FO/c1-17(2)8-7-12-11-5-3-4-6-13(11)15(18)9-14(12)16(19)10-17/h3-6,9H,7-8,10H2,1-2H3. The van der Waals surface area contributed by atoms with Crippen LogP contribution in [0.3, 0.4) is 0 Å². The number of hydrogen-bond donors (Lipinski definition) is 0. The number of ketones is 1. The highest BCUT2D eigenvalue weighted by molar-refractivity contribution is 6.03. The largest absolute Gasteiger partial charge is 0.294 e. The quantitative estimate of drug-likeness (QED) is 0.633. The Bertz CT molecular complexity index is 670. The van der Waals surface area contributed by atoms with Crippen molar-refractivity contribution in [3.63, 3.8) is 0 Å². The molecule has 1 nitrogen and oxygen atoms in total. The van der Waals surface area contributed by atoms with E-state index in [-0.39, 0.29) is 17.0 Å². The summed E-state index contributed by atoms with van der Waals surface area (Å²) in [7, 11) is 0. The van der Waals surface area contributed by atoms with Crippen LogP contribution in [0.4, 0.5) is 4.39 Å². The van der Waals surface area contributed by atoms with E-state index in [1.54, 1.807) is 6.07 Å². The highest BCUT2D eigenvalue weighted by Crippen LogP contribution is 2.37.